The van der Waals surface area contributed by atoms with Gasteiger partial charge in [-0.2, -0.15) is 0 Å². The molecule has 3 nitrogen and oxygen atoms in total. The predicted octanol–water partition coefficient (Wildman–Crippen LogP) is 3.88. The van der Waals surface area contributed by atoms with Gasteiger partial charge in [-0.1, -0.05) is 26.7 Å². The van der Waals surface area contributed by atoms with E-state index >= 15 is 0 Å². The largest absolute Gasteiger partial charge is 0.508 e. The third-order valence-electron chi connectivity index (χ3n) is 4.87. The number of methoxy groups -OCH3 is 1. The zero-order chi connectivity index (χ0) is 14.7. The fourth-order valence-corrected chi connectivity index (χ4v) is 3.23. The van der Waals surface area contributed by atoms with E-state index in [0.29, 0.717) is 17.7 Å². The van der Waals surface area contributed by atoms with Crippen LogP contribution < -0.4 is 10.1 Å². The van der Waals surface area contributed by atoms with Crippen LogP contribution in [-0.2, 0) is 0 Å². The normalized spacial score (nSPS) is 28.1. The second-order valence-corrected chi connectivity index (χ2v) is 6.19. The van der Waals surface area contributed by atoms with E-state index in [9.17, 15) is 5.11 Å². The van der Waals surface area contributed by atoms with E-state index in [1.54, 1.807) is 19.2 Å². The van der Waals surface area contributed by atoms with Crippen LogP contribution in [-0.4, -0.2) is 18.3 Å². The molecule has 20 heavy (non-hydrogen) atoms. The number of hydrogen-bond donors (Lipinski definition) is 2. The van der Waals surface area contributed by atoms with Crippen molar-refractivity contribution in [2.24, 2.45) is 11.8 Å². The highest BCUT2D eigenvalue weighted by atomic mass is 16.5. The molecule has 0 spiro atoms. The van der Waals surface area contributed by atoms with Crippen LogP contribution in [0.25, 0.3) is 0 Å². The first-order chi connectivity index (χ1) is 9.52. The quantitative estimate of drug-likeness (QED) is 0.877. The fourth-order valence-electron chi connectivity index (χ4n) is 3.23. The van der Waals surface area contributed by atoms with E-state index in [-0.39, 0.29) is 6.04 Å². The standard InChI is InChI=1S/C17H27NO2/c1-11-6-5-7-16(12(11)2)18-13(3)15-10-14(20-4)8-9-17(15)19/h8-13,16,18-19H,5-7H2,1-4H3. The van der Waals surface area contributed by atoms with Crippen molar-refractivity contribution in [2.45, 2.75) is 52.1 Å². The number of hydrogen-bond acceptors (Lipinski definition) is 3. The summed E-state index contributed by atoms with van der Waals surface area (Å²) >= 11 is 0. The molecule has 0 amide bonds. The van der Waals surface area contributed by atoms with Gasteiger partial charge in [0.2, 0.25) is 0 Å². The Bertz CT molecular complexity index is 447. The molecule has 0 heterocycles. The third-order valence-corrected chi connectivity index (χ3v) is 4.87. The molecule has 2 rings (SSSR count). The van der Waals surface area contributed by atoms with Crippen LogP contribution in [0.3, 0.4) is 0 Å². The molecule has 1 aromatic carbocycles. The molecule has 0 saturated heterocycles. The lowest BCUT2D eigenvalue weighted by molar-refractivity contribution is 0.195. The van der Waals surface area contributed by atoms with Crippen LogP contribution in [0.4, 0.5) is 0 Å². The second-order valence-electron chi connectivity index (χ2n) is 6.19. The highest BCUT2D eigenvalue weighted by Crippen LogP contribution is 2.33. The van der Waals surface area contributed by atoms with Gasteiger partial charge in [-0.3, -0.25) is 0 Å². The van der Waals surface area contributed by atoms with Gasteiger partial charge in [0.15, 0.2) is 0 Å². The van der Waals surface area contributed by atoms with Crippen molar-refractivity contribution in [2.75, 3.05) is 7.11 Å². The SMILES string of the molecule is COc1ccc(O)c(C(C)NC2CCCC(C)C2C)c1. The van der Waals surface area contributed by atoms with Gasteiger partial charge in [0.05, 0.1) is 7.11 Å². The van der Waals surface area contributed by atoms with E-state index in [1.165, 1.54) is 19.3 Å². The van der Waals surface area contributed by atoms with Crippen LogP contribution in [0.2, 0.25) is 0 Å². The van der Waals surface area contributed by atoms with Crippen LogP contribution in [0.5, 0.6) is 11.5 Å². The van der Waals surface area contributed by atoms with Crippen LogP contribution in [0, 0.1) is 11.8 Å². The fraction of sp³-hybridized carbons (Fsp3) is 0.647. The molecule has 4 atom stereocenters. The lowest BCUT2D eigenvalue weighted by Crippen LogP contribution is -2.41. The highest BCUT2D eigenvalue weighted by Gasteiger charge is 2.28. The Morgan fingerprint density at radius 1 is 1.30 bits per heavy atom. The molecule has 2 N–H and O–H groups in total. The Morgan fingerprint density at radius 3 is 2.75 bits per heavy atom. The number of aromatic hydroxyl groups is 1. The van der Waals surface area contributed by atoms with E-state index in [1.807, 2.05) is 6.07 Å². The summed E-state index contributed by atoms with van der Waals surface area (Å²) in [6.07, 6.45) is 3.85. The number of ether oxygens (including phenoxy) is 1. The first-order valence-corrected chi connectivity index (χ1v) is 7.66. The summed E-state index contributed by atoms with van der Waals surface area (Å²) in [6.45, 7) is 6.78. The van der Waals surface area contributed by atoms with Crippen LogP contribution in [0.1, 0.15) is 51.6 Å². The summed E-state index contributed by atoms with van der Waals surface area (Å²) in [5.74, 6) is 2.57. The first-order valence-electron chi connectivity index (χ1n) is 7.66. The maximum Gasteiger partial charge on any atom is 0.120 e. The third kappa shape index (κ3) is 3.26. The summed E-state index contributed by atoms with van der Waals surface area (Å²) < 4.78 is 5.25. The Labute approximate surface area is 122 Å². The van der Waals surface area contributed by atoms with Gasteiger partial charge in [-0.05, 0) is 43.4 Å². The molecule has 1 aliphatic rings. The highest BCUT2D eigenvalue weighted by molar-refractivity contribution is 5.41. The zero-order valence-electron chi connectivity index (χ0n) is 13.0. The van der Waals surface area contributed by atoms with E-state index in [4.69, 9.17) is 4.74 Å². The molecular formula is C17H27NO2. The summed E-state index contributed by atoms with van der Waals surface area (Å²) in [4.78, 5) is 0. The summed E-state index contributed by atoms with van der Waals surface area (Å²) in [5.41, 5.74) is 0.912. The van der Waals surface area contributed by atoms with E-state index in [0.717, 1.165) is 17.2 Å². The molecule has 0 aromatic heterocycles. The summed E-state index contributed by atoms with van der Waals surface area (Å²) in [7, 11) is 1.65. The molecule has 4 unspecified atom stereocenters. The first kappa shape index (κ1) is 15.2. The van der Waals surface area contributed by atoms with Crippen molar-refractivity contribution >= 4 is 0 Å². The minimum absolute atomic E-state index is 0.128. The van der Waals surface area contributed by atoms with Crippen molar-refractivity contribution in [3.8, 4) is 11.5 Å². The molecule has 1 saturated carbocycles. The Morgan fingerprint density at radius 2 is 2.05 bits per heavy atom. The molecule has 1 aromatic rings. The van der Waals surface area contributed by atoms with Crippen LogP contribution >= 0.6 is 0 Å². The number of benzene rings is 1. The maximum absolute atomic E-state index is 10.1. The molecule has 0 radical (unpaired) electrons. The summed E-state index contributed by atoms with van der Waals surface area (Å²) in [6, 6.07) is 6.07. The number of phenolic OH excluding ortho intramolecular Hbond substituents is 1. The van der Waals surface area contributed by atoms with Gasteiger partial charge in [-0.15, -0.1) is 0 Å². The number of rotatable bonds is 4. The van der Waals surface area contributed by atoms with Gasteiger partial charge in [-0.25, -0.2) is 0 Å². The van der Waals surface area contributed by atoms with E-state index in [2.05, 4.69) is 26.1 Å². The second kappa shape index (κ2) is 6.49. The lowest BCUT2D eigenvalue weighted by Gasteiger charge is -2.36. The van der Waals surface area contributed by atoms with Crippen molar-refractivity contribution in [3.05, 3.63) is 23.8 Å². The average molecular weight is 277 g/mol. The van der Waals surface area contributed by atoms with Gasteiger partial charge < -0.3 is 15.2 Å². The van der Waals surface area contributed by atoms with Crippen molar-refractivity contribution in [1.82, 2.24) is 5.32 Å². The lowest BCUT2D eigenvalue weighted by atomic mass is 9.77. The smallest absolute Gasteiger partial charge is 0.120 e. The predicted molar refractivity (Wildman–Crippen MR) is 82.2 cm³/mol. The van der Waals surface area contributed by atoms with Crippen molar-refractivity contribution in [1.29, 1.82) is 0 Å². The van der Waals surface area contributed by atoms with Gasteiger partial charge >= 0.3 is 0 Å². The molecule has 1 aliphatic carbocycles. The summed E-state index contributed by atoms with van der Waals surface area (Å²) in [5, 5.41) is 13.7. The molecule has 3 heteroatoms. The molecule has 0 bridgehead atoms. The van der Waals surface area contributed by atoms with Gasteiger partial charge in [0.1, 0.15) is 11.5 Å². The maximum atomic E-state index is 10.1. The Kier molecular flexibility index (Phi) is 4.92. The van der Waals surface area contributed by atoms with Gasteiger partial charge in [0, 0.05) is 17.6 Å². The zero-order valence-corrected chi connectivity index (χ0v) is 13.0. The van der Waals surface area contributed by atoms with E-state index < -0.39 is 0 Å². The average Bonchev–Trinajstić information content (AvgIpc) is 2.44. The van der Waals surface area contributed by atoms with Crippen molar-refractivity contribution in [3.63, 3.8) is 0 Å². The molecule has 1 fully saturated rings. The monoisotopic (exact) mass is 277 g/mol. The minimum atomic E-state index is 0.128. The molecule has 112 valence electrons. The topological polar surface area (TPSA) is 41.5 Å². The number of phenols is 1. The minimum Gasteiger partial charge on any atom is -0.508 e. The van der Waals surface area contributed by atoms with Crippen LogP contribution in [0.15, 0.2) is 18.2 Å². The Hall–Kier alpha value is -1.22. The number of nitrogens with one attached hydrogen (secondary N) is 1. The van der Waals surface area contributed by atoms with Crippen molar-refractivity contribution < 1.29 is 9.84 Å². The molecular weight excluding hydrogens is 250 g/mol. The molecule has 0 aliphatic heterocycles. The van der Waals surface area contributed by atoms with Gasteiger partial charge in [0.25, 0.3) is 0 Å². The Balaban J connectivity index is 2.09.